The molecule has 0 bridgehead atoms. The monoisotopic (exact) mass is 292 g/mol. The second-order valence-corrected chi connectivity index (χ2v) is 6.40. The van der Waals surface area contributed by atoms with Crippen molar-refractivity contribution in [1.82, 2.24) is 10.0 Å². The Morgan fingerprint density at radius 2 is 2.11 bits per heavy atom. The first-order valence-electron chi connectivity index (χ1n) is 5.59. The largest absolute Gasteiger partial charge is 0.316 e. The normalized spacial score (nSPS) is 15.9. The van der Waals surface area contributed by atoms with E-state index in [1.54, 1.807) is 7.05 Å². The highest BCUT2D eigenvalue weighted by molar-refractivity contribution is 7.89. The molecule has 1 aromatic carbocycles. The smallest absolute Gasteiger partial charge is 0.240 e. The van der Waals surface area contributed by atoms with Crippen LogP contribution in [0.3, 0.4) is 0 Å². The van der Waals surface area contributed by atoms with Gasteiger partial charge in [-0.1, -0.05) is 11.6 Å². The number of nitrogens with one attached hydrogen (secondary N) is 2. The van der Waals surface area contributed by atoms with Gasteiger partial charge < -0.3 is 5.32 Å². The Kier molecular flexibility index (Phi) is 3.91. The van der Waals surface area contributed by atoms with Gasteiger partial charge in [0, 0.05) is 12.6 Å². The van der Waals surface area contributed by atoms with Crippen molar-refractivity contribution >= 4 is 21.6 Å². The molecule has 1 aliphatic carbocycles. The first-order valence-corrected chi connectivity index (χ1v) is 7.45. The maximum absolute atomic E-state index is 13.6. The molecule has 0 aliphatic heterocycles. The molecule has 7 heteroatoms. The lowest BCUT2D eigenvalue weighted by Gasteiger charge is -2.10. The van der Waals surface area contributed by atoms with Crippen LogP contribution >= 0.6 is 11.6 Å². The van der Waals surface area contributed by atoms with E-state index >= 15 is 0 Å². The van der Waals surface area contributed by atoms with Gasteiger partial charge >= 0.3 is 0 Å². The summed E-state index contributed by atoms with van der Waals surface area (Å²) in [6.45, 7) is 0.308. The summed E-state index contributed by atoms with van der Waals surface area (Å²) in [7, 11) is -1.98. The molecule has 1 aliphatic rings. The third-order valence-electron chi connectivity index (χ3n) is 2.65. The molecule has 0 atom stereocenters. The van der Waals surface area contributed by atoms with E-state index in [-0.39, 0.29) is 16.0 Å². The number of rotatable bonds is 5. The summed E-state index contributed by atoms with van der Waals surface area (Å²) in [5, 5.41) is 2.77. The molecule has 0 aromatic heterocycles. The summed E-state index contributed by atoms with van der Waals surface area (Å²) in [6, 6.07) is 2.33. The lowest BCUT2D eigenvalue weighted by atomic mass is 10.2. The summed E-state index contributed by atoms with van der Waals surface area (Å²) in [5.41, 5.74) is 0.426. The summed E-state index contributed by atoms with van der Waals surface area (Å²) in [6.07, 6.45) is 1.66. The van der Waals surface area contributed by atoms with Gasteiger partial charge in [-0.25, -0.2) is 17.5 Å². The van der Waals surface area contributed by atoms with E-state index in [0.29, 0.717) is 12.1 Å². The van der Waals surface area contributed by atoms with E-state index in [2.05, 4.69) is 10.0 Å². The van der Waals surface area contributed by atoms with Gasteiger partial charge in [-0.2, -0.15) is 0 Å². The third-order valence-corrected chi connectivity index (χ3v) is 4.58. The van der Waals surface area contributed by atoms with E-state index in [0.717, 1.165) is 18.9 Å². The molecule has 0 amide bonds. The molecule has 1 aromatic rings. The van der Waals surface area contributed by atoms with Crippen LogP contribution in [0.1, 0.15) is 18.4 Å². The highest BCUT2D eigenvalue weighted by Crippen LogP contribution is 2.26. The van der Waals surface area contributed by atoms with Crippen LogP contribution in [0.5, 0.6) is 0 Å². The minimum Gasteiger partial charge on any atom is -0.316 e. The minimum atomic E-state index is -3.65. The SMILES string of the molecule is CNCc1cc(S(=O)(=O)NC2CC2)cc(F)c1Cl. The van der Waals surface area contributed by atoms with E-state index in [1.807, 2.05) is 0 Å². The number of hydrogen-bond donors (Lipinski definition) is 2. The lowest BCUT2D eigenvalue weighted by molar-refractivity contribution is 0.576. The van der Waals surface area contributed by atoms with Crippen LogP contribution in [-0.2, 0) is 16.6 Å². The maximum Gasteiger partial charge on any atom is 0.240 e. The first-order chi connectivity index (χ1) is 8.44. The standard InChI is InChI=1S/C11H14ClFN2O2S/c1-14-6-7-4-9(5-10(13)11(7)12)18(16,17)15-8-2-3-8/h4-5,8,14-15H,2-3,6H2,1H3. The van der Waals surface area contributed by atoms with Gasteiger partial charge in [0.15, 0.2) is 0 Å². The fourth-order valence-corrected chi connectivity index (χ4v) is 3.12. The molecule has 0 spiro atoms. The molecule has 4 nitrogen and oxygen atoms in total. The van der Waals surface area contributed by atoms with Gasteiger partial charge in [0.25, 0.3) is 0 Å². The van der Waals surface area contributed by atoms with Crippen LogP contribution in [0.2, 0.25) is 5.02 Å². The second kappa shape index (κ2) is 5.13. The van der Waals surface area contributed by atoms with Gasteiger partial charge in [-0.05, 0) is 37.6 Å². The Morgan fingerprint density at radius 1 is 1.44 bits per heavy atom. The fourth-order valence-electron chi connectivity index (χ4n) is 1.58. The zero-order valence-corrected chi connectivity index (χ0v) is 11.4. The molecule has 100 valence electrons. The highest BCUT2D eigenvalue weighted by Gasteiger charge is 2.28. The van der Waals surface area contributed by atoms with E-state index < -0.39 is 15.8 Å². The van der Waals surface area contributed by atoms with E-state index in [1.165, 1.54) is 6.07 Å². The average Bonchev–Trinajstić information content (AvgIpc) is 3.07. The van der Waals surface area contributed by atoms with Crippen molar-refractivity contribution in [2.45, 2.75) is 30.3 Å². The summed E-state index contributed by atoms with van der Waals surface area (Å²) in [4.78, 5) is -0.0819. The zero-order chi connectivity index (χ0) is 13.3. The number of benzene rings is 1. The summed E-state index contributed by atoms with van der Waals surface area (Å²) in [5.74, 6) is -0.722. The van der Waals surface area contributed by atoms with Crippen LogP contribution in [0.25, 0.3) is 0 Å². The summed E-state index contributed by atoms with van der Waals surface area (Å²) < 4.78 is 40.0. The molecular formula is C11H14ClFN2O2S. The molecule has 0 unspecified atom stereocenters. The average molecular weight is 293 g/mol. The van der Waals surface area contributed by atoms with Crippen molar-refractivity contribution in [2.75, 3.05) is 7.05 Å². The molecular weight excluding hydrogens is 279 g/mol. The van der Waals surface area contributed by atoms with Gasteiger partial charge in [-0.3, -0.25) is 0 Å². The van der Waals surface area contributed by atoms with Crippen molar-refractivity contribution in [2.24, 2.45) is 0 Å². The Morgan fingerprint density at radius 3 is 2.67 bits per heavy atom. The quantitative estimate of drug-likeness (QED) is 0.867. The van der Waals surface area contributed by atoms with Gasteiger partial charge in [0.2, 0.25) is 10.0 Å². The molecule has 1 fully saturated rings. The third kappa shape index (κ3) is 3.00. The minimum absolute atomic E-state index is 0.0125. The van der Waals surface area contributed by atoms with Crippen molar-refractivity contribution in [3.8, 4) is 0 Å². The Labute approximate surface area is 111 Å². The van der Waals surface area contributed by atoms with E-state index in [4.69, 9.17) is 11.6 Å². The number of sulfonamides is 1. The van der Waals surface area contributed by atoms with Gasteiger partial charge in [0.05, 0.1) is 9.92 Å². The molecule has 0 radical (unpaired) electrons. The Balaban J connectivity index is 2.37. The zero-order valence-electron chi connectivity index (χ0n) is 9.83. The molecule has 2 rings (SSSR count). The van der Waals surface area contributed by atoms with Crippen LogP contribution in [0.4, 0.5) is 4.39 Å². The van der Waals surface area contributed by atoms with Gasteiger partial charge in [0.1, 0.15) is 5.82 Å². The maximum atomic E-state index is 13.6. The molecule has 0 saturated heterocycles. The number of halogens is 2. The summed E-state index contributed by atoms with van der Waals surface area (Å²) >= 11 is 5.78. The number of hydrogen-bond acceptors (Lipinski definition) is 3. The Hall–Kier alpha value is -0.690. The predicted octanol–water partition coefficient (Wildman–Crippen LogP) is 1.64. The molecule has 18 heavy (non-hydrogen) atoms. The fraction of sp³-hybridized carbons (Fsp3) is 0.455. The van der Waals surface area contributed by atoms with Crippen molar-refractivity contribution in [1.29, 1.82) is 0 Å². The van der Waals surface area contributed by atoms with Crippen LogP contribution < -0.4 is 10.0 Å². The van der Waals surface area contributed by atoms with Crippen LogP contribution in [0, 0.1) is 5.82 Å². The van der Waals surface area contributed by atoms with E-state index in [9.17, 15) is 12.8 Å². The highest BCUT2D eigenvalue weighted by atomic mass is 35.5. The predicted molar refractivity (Wildman–Crippen MR) is 67.5 cm³/mol. The molecule has 0 heterocycles. The van der Waals surface area contributed by atoms with Gasteiger partial charge in [-0.15, -0.1) is 0 Å². The lowest BCUT2D eigenvalue weighted by Crippen LogP contribution is -2.26. The van der Waals surface area contributed by atoms with Crippen molar-refractivity contribution in [3.63, 3.8) is 0 Å². The molecule has 2 N–H and O–H groups in total. The van der Waals surface area contributed by atoms with Crippen LogP contribution in [-0.4, -0.2) is 21.5 Å². The molecule has 1 saturated carbocycles. The first kappa shape index (κ1) is 13.7. The second-order valence-electron chi connectivity index (χ2n) is 4.30. The van der Waals surface area contributed by atoms with Crippen molar-refractivity contribution in [3.05, 3.63) is 28.5 Å². The Bertz CT molecular complexity index is 558. The van der Waals surface area contributed by atoms with Crippen LogP contribution in [0.15, 0.2) is 17.0 Å². The topological polar surface area (TPSA) is 58.2 Å². The van der Waals surface area contributed by atoms with Crippen molar-refractivity contribution < 1.29 is 12.8 Å².